The lowest BCUT2D eigenvalue weighted by Crippen LogP contribution is -2.01. The molecular formula is C49H31N5. The van der Waals surface area contributed by atoms with Gasteiger partial charge in [0.05, 0.1) is 22.1 Å². The largest absolute Gasteiger partial charge is 0.309 e. The molecule has 0 radical (unpaired) electrons. The standard InChI is InChI=1S/C49H31N5/c1-3-15-33(16-4-1)47-50-48(34-17-5-2-6-18-34)52-49(51-47)36-20-13-21-37(31-36)53-41-24-11-9-22-39(41)45-43(53)28-29-44-46(45)40-23-10-12-25-42(40)54(44)38-27-26-32-14-7-8-19-35(32)30-38/h1-31H. The summed E-state index contributed by atoms with van der Waals surface area (Å²) in [5.41, 5.74) is 9.67. The van der Waals surface area contributed by atoms with Gasteiger partial charge in [-0.2, -0.15) is 0 Å². The maximum absolute atomic E-state index is 5.04. The Hall–Kier alpha value is -7.37. The third-order valence-corrected chi connectivity index (χ3v) is 10.5. The highest BCUT2D eigenvalue weighted by atomic mass is 15.0. The van der Waals surface area contributed by atoms with Crippen LogP contribution >= 0.6 is 0 Å². The van der Waals surface area contributed by atoms with Crippen molar-refractivity contribution in [2.45, 2.75) is 0 Å². The van der Waals surface area contributed by atoms with Gasteiger partial charge in [0.15, 0.2) is 17.5 Å². The molecule has 3 heterocycles. The zero-order chi connectivity index (χ0) is 35.6. The van der Waals surface area contributed by atoms with Crippen LogP contribution in [0.15, 0.2) is 188 Å². The van der Waals surface area contributed by atoms with E-state index in [2.05, 4.69) is 137 Å². The molecular weight excluding hydrogens is 659 g/mol. The highest BCUT2D eigenvalue weighted by Gasteiger charge is 2.21. The van der Waals surface area contributed by atoms with Gasteiger partial charge < -0.3 is 9.13 Å². The first-order valence-electron chi connectivity index (χ1n) is 18.2. The number of hydrogen-bond donors (Lipinski definition) is 0. The van der Waals surface area contributed by atoms with Crippen molar-refractivity contribution in [1.82, 2.24) is 24.1 Å². The summed E-state index contributed by atoms with van der Waals surface area (Å²) >= 11 is 0. The molecule has 11 rings (SSSR count). The van der Waals surface area contributed by atoms with Crippen LogP contribution in [0.5, 0.6) is 0 Å². The fourth-order valence-electron chi connectivity index (χ4n) is 8.11. The Bertz CT molecular complexity index is 3160. The number of nitrogens with zero attached hydrogens (tertiary/aromatic N) is 5. The van der Waals surface area contributed by atoms with Crippen LogP contribution in [-0.2, 0) is 0 Å². The zero-order valence-corrected chi connectivity index (χ0v) is 29.1. The minimum absolute atomic E-state index is 0.631. The van der Waals surface area contributed by atoms with Crippen LogP contribution in [0, 0.1) is 0 Å². The first-order valence-corrected chi connectivity index (χ1v) is 18.2. The average Bonchev–Trinajstić information content (AvgIpc) is 3.77. The zero-order valence-electron chi connectivity index (χ0n) is 29.1. The van der Waals surface area contributed by atoms with Gasteiger partial charge in [-0.15, -0.1) is 0 Å². The highest BCUT2D eigenvalue weighted by Crippen LogP contribution is 2.42. The number of aromatic nitrogens is 5. The van der Waals surface area contributed by atoms with Crippen molar-refractivity contribution in [3.05, 3.63) is 188 Å². The summed E-state index contributed by atoms with van der Waals surface area (Å²) in [5, 5.41) is 7.39. The monoisotopic (exact) mass is 689 g/mol. The molecule has 0 N–H and O–H groups in total. The van der Waals surface area contributed by atoms with Gasteiger partial charge in [0.25, 0.3) is 0 Å². The summed E-state index contributed by atoms with van der Waals surface area (Å²) in [4.78, 5) is 15.0. The molecule has 0 saturated carbocycles. The van der Waals surface area contributed by atoms with E-state index in [1.807, 2.05) is 60.7 Å². The molecule has 54 heavy (non-hydrogen) atoms. The highest BCUT2D eigenvalue weighted by molar-refractivity contribution is 6.29. The number of rotatable bonds is 5. The fourth-order valence-corrected chi connectivity index (χ4v) is 8.11. The first-order chi connectivity index (χ1) is 26.8. The Kier molecular flexibility index (Phi) is 6.79. The van der Waals surface area contributed by atoms with E-state index in [-0.39, 0.29) is 0 Å². The SMILES string of the molecule is c1ccc(-c2nc(-c3ccccc3)nc(-c3cccc(-n4c5ccccc5c5c6c7ccccc7n(-c7ccc8ccccc8c7)c6ccc54)c3)n2)cc1. The van der Waals surface area contributed by atoms with Crippen LogP contribution in [0.1, 0.15) is 0 Å². The van der Waals surface area contributed by atoms with Crippen LogP contribution in [0.4, 0.5) is 0 Å². The fraction of sp³-hybridized carbons (Fsp3) is 0. The summed E-state index contributed by atoms with van der Waals surface area (Å²) in [6.45, 7) is 0. The van der Waals surface area contributed by atoms with Gasteiger partial charge in [-0.3, -0.25) is 0 Å². The molecule has 0 spiro atoms. The number of para-hydroxylation sites is 2. The van der Waals surface area contributed by atoms with E-state index in [0.717, 1.165) is 39.1 Å². The minimum atomic E-state index is 0.631. The molecule has 0 atom stereocenters. The van der Waals surface area contributed by atoms with Gasteiger partial charge in [-0.05, 0) is 59.3 Å². The number of fused-ring (bicyclic) bond motifs is 8. The van der Waals surface area contributed by atoms with E-state index < -0.39 is 0 Å². The van der Waals surface area contributed by atoms with E-state index in [4.69, 9.17) is 15.0 Å². The van der Waals surface area contributed by atoms with E-state index in [1.165, 1.54) is 43.4 Å². The average molecular weight is 690 g/mol. The second kappa shape index (κ2) is 12.1. The van der Waals surface area contributed by atoms with Crippen LogP contribution in [-0.4, -0.2) is 24.1 Å². The second-order valence-electron chi connectivity index (χ2n) is 13.7. The summed E-state index contributed by atoms with van der Waals surface area (Å²) in [6, 6.07) is 66.2. The Morgan fingerprint density at radius 1 is 0.296 bits per heavy atom. The maximum atomic E-state index is 5.04. The summed E-state index contributed by atoms with van der Waals surface area (Å²) < 4.78 is 4.80. The van der Waals surface area contributed by atoms with Crippen molar-refractivity contribution in [3.63, 3.8) is 0 Å². The Morgan fingerprint density at radius 2 is 0.759 bits per heavy atom. The Balaban J connectivity index is 1.14. The molecule has 0 unspecified atom stereocenters. The molecule has 5 heteroatoms. The minimum Gasteiger partial charge on any atom is -0.309 e. The topological polar surface area (TPSA) is 48.5 Å². The molecule has 0 aliphatic carbocycles. The van der Waals surface area contributed by atoms with Gasteiger partial charge in [0, 0.05) is 49.6 Å². The molecule has 8 aromatic carbocycles. The lowest BCUT2D eigenvalue weighted by molar-refractivity contribution is 1.07. The van der Waals surface area contributed by atoms with E-state index >= 15 is 0 Å². The van der Waals surface area contributed by atoms with Crippen molar-refractivity contribution in [2.24, 2.45) is 0 Å². The molecule has 0 aliphatic heterocycles. The molecule has 0 saturated heterocycles. The van der Waals surface area contributed by atoms with Crippen LogP contribution in [0.25, 0.3) is 99.9 Å². The molecule has 0 fully saturated rings. The van der Waals surface area contributed by atoms with E-state index in [0.29, 0.717) is 17.5 Å². The second-order valence-corrected chi connectivity index (χ2v) is 13.7. The summed E-state index contributed by atoms with van der Waals surface area (Å²) in [7, 11) is 0. The van der Waals surface area contributed by atoms with Crippen molar-refractivity contribution in [3.8, 4) is 45.5 Å². The van der Waals surface area contributed by atoms with Crippen molar-refractivity contribution in [1.29, 1.82) is 0 Å². The van der Waals surface area contributed by atoms with E-state index in [9.17, 15) is 0 Å². The molecule has 0 bridgehead atoms. The molecule has 3 aromatic heterocycles. The number of hydrogen-bond acceptors (Lipinski definition) is 3. The van der Waals surface area contributed by atoms with Gasteiger partial charge in [0.2, 0.25) is 0 Å². The lowest BCUT2D eigenvalue weighted by Gasteiger charge is -2.12. The third kappa shape index (κ3) is 4.76. The Morgan fingerprint density at radius 3 is 1.35 bits per heavy atom. The van der Waals surface area contributed by atoms with E-state index in [1.54, 1.807) is 0 Å². The van der Waals surface area contributed by atoms with Crippen LogP contribution in [0.3, 0.4) is 0 Å². The van der Waals surface area contributed by atoms with Gasteiger partial charge >= 0.3 is 0 Å². The van der Waals surface area contributed by atoms with Crippen molar-refractivity contribution < 1.29 is 0 Å². The van der Waals surface area contributed by atoms with Crippen LogP contribution < -0.4 is 0 Å². The smallest absolute Gasteiger partial charge is 0.164 e. The molecule has 11 aromatic rings. The summed E-state index contributed by atoms with van der Waals surface area (Å²) in [5.74, 6) is 1.92. The van der Waals surface area contributed by atoms with Crippen molar-refractivity contribution in [2.75, 3.05) is 0 Å². The van der Waals surface area contributed by atoms with Gasteiger partial charge in [-0.25, -0.2) is 15.0 Å². The van der Waals surface area contributed by atoms with Crippen molar-refractivity contribution >= 4 is 54.4 Å². The number of benzene rings is 8. The lowest BCUT2D eigenvalue weighted by atomic mass is 10.1. The quantitative estimate of drug-likeness (QED) is 0.181. The van der Waals surface area contributed by atoms with Gasteiger partial charge in [-0.1, -0.05) is 140 Å². The predicted octanol–water partition coefficient (Wildman–Crippen LogP) is 12.2. The molecule has 0 aliphatic rings. The predicted molar refractivity (Wildman–Crippen MR) is 222 cm³/mol. The van der Waals surface area contributed by atoms with Crippen LogP contribution in [0.2, 0.25) is 0 Å². The normalized spacial score (nSPS) is 11.7. The Labute approximate surface area is 311 Å². The summed E-state index contributed by atoms with van der Waals surface area (Å²) in [6.07, 6.45) is 0. The molecule has 0 amide bonds. The third-order valence-electron chi connectivity index (χ3n) is 10.5. The first kappa shape index (κ1) is 30.3. The maximum Gasteiger partial charge on any atom is 0.164 e. The van der Waals surface area contributed by atoms with Gasteiger partial charge in [0.1, 0.15) is 0 Å². The molecule has 5 nitrogen and oxygen atoms in total. The molecule has 252 valence electrons.